The number of carbonyl (C=O) groups excluding carboxylic acids is 2. The summed E-state index contributed by atoms with van der Waals surface area (Å²) in [5, 5.41) is 0.699. The van der Waals surface area contributed by atoms with Crippen LogP contribution >= 0.6 is 11.6 Å². The maximum Gasteiger partial charge on any atom is 0.223 e. The van der Waals surface area contributed by atoms with Gasteiger partial charge in [0.2, 0.25) is 5.91 Å². The molecule has 4 heteroatoms. The summed E-state index contributed by atoms with van der Waals surface area (Å²) in [5.41, 5.74) is 0.991. The van der Waals surface area contributed by atoms with Crippen LogP contribution in [0.15, 0.2) is 24.3 Å². The summed E-state index contributed by atoms with van der Waals surface area (Å²) in [5.74, 6) is 0.242. The third-order valence-corrected chi connectivity index (χ3v) is 4.01. The number of hydrogen-bond donors (Lipinski definition) is 0. The number of amides is 1. The first kappa shape index (κ1) is 14.1. The number of likely N-dealkylation sites (N-methyl/N-ethyl adjacent to an activating group) is 1. The Bertz CT molecular complexity index is 487. The Morgan fingerprint density at radius 2 is 2.16 bits per heavy atom. The van der Waals surface area contributed by atoms with Crippen LogP contribution in [0.4, 0.5) is 0 Å². The second-order valence-electron chi connectivity index (χ2n) is 4.79. The molecular formula is C15H18ClNO2. The Kier molecular flexibility index (Phi) is 4.59. The van der Waals surface area contributed by atoms with Gasteiger partial charge in [-0.05, 0) is 31.4 Å². The molecule has 0 aromatic heterocycles. The van der Waals surface area contributed by atoms with E-state index in [0.717, 1.165) is 5.56 Å². The van der Waals surface area contributed by atoms with E-state index in [1.165, 1.54) is 0 Å². The quantitative estimate of drug-likeness (QED) is 0.831. The van der Waals surface area contributed by atoms with Gasteiger partial charge in [-0.1, -0.05) is 29.8 Å². The highest BCUT2D eigenvalue weighted by Crippen LogP contribution is 2.22. The van der Waals surface area contributed by atoms with Crippen molar-refractivity contribution in [3.05, 3.63) is 34.9 Å². The lowest BCUT2D eigenvalue weighted by molar-refractivity contribution is -0.134. The first-order chi connectivity index (χ1) is 9.13. The molecule has 1 aliphatic rings. The SMILES string of the molecule is CCN1C(=O)CCC1C(=O)CCc1ccccc1Cl. The Hall–Kier alpha value is -1.35. The molecule has 1 aromatic rings. The van der Waals surface area contributed by atoms with Gasteiger partial charge in [-0.25, -0.2) is 0 Å². The zero-order chi connectivity index (χ0) is 13.8. The number of nitrogens with zero attached hydrogens (tertiary/aromatic N) is 1. The van der Waals surface area contributed by atoms with Gasteiger partial charge in [0, 0.05) is 24.4 Å². The van der Waals surface area contributed by atoms with Crippen molar-refractivity contribution in [2.75, 3.05) is 6.54 Å². The molecule has 1 saturated heterocycles. The monoisotopic (exact) mass is 279 g/mol. The van der Waals surface area contributed by atoms with Crippen molar-refractivity contribution in [2.24, 2.45) is 0 Å². The molecule has 1 heterocycles. The molecule has 2 rings (SSSR count). The Balaban J connectivity index is 1.95. The standard InChI is InChI=1S/C15H18ClNO2/c1-2-17-13(8-10-15(17)19)14(18)9-7-11-5-3-4-6-12(11)16/h3-6,13H,2,7-10H2,1H3. The van der Waals surface area contributed by atoms with Gasteiger partial charge in [0.1, 0.15) is 0 Å². The van der Waals surface area contributed by atoms with Gasteiger partial charge in [-0.3, -0.25) is 9.59 Å². The topological polar surface area (TPSA) is 37.4 Å². The van der Waals surface area contributed by atoms with Crippen LogP contribution in [0.25, 0.3) is 0 Å². The number of ketones is 1. The average molecular weight is 280 g/mol. The Morgan fingerprint density at radius 3 is 2.84 bits per heavy atom. The van der Waals surface area contributed by atoms with Crippen LogP contribution < -0.4 is 0 Å². The van der Waals surface area contributed by atoms with Crippen molar-refractivity contribution in [1.82, 2.24) is 4.90 Å². The lowest BCUT2D eigenvalue weighted by Crippen LogP contribution is -2.38. The van der Waals surface area contributed by atoms with Crippen LogP contribution in [0.1, 0.15) is 31.7 Å². The van der Waals surface area contributed by atoms with Crippen molar-refractivity contribution >= 4 is 23.3 Å². The van der Waals surface area contributed by atoms with Crippen molar-refractivity contribution in [2.45, 2.75) is 38.6 Å². The molecule has 1 amide bonds. The molecule has 1 aliphatic heterocycles. The van der Waals surface area contributed by atoms with E-state index in [2.05, 4.69) is 0 Å². The maximum absolute atomic E-state index is 12.2. The number of carbonyl (C=O) groups is 2. The van der Waals surface area contributed by atoms with Crippen LogP contribution in [-0.4, -0.2) is 29.2 Å². The number of halogens is 1. The molecule has 102 valence electrons. The van der Waals surface area contributed by atoms with Crippen molar-refractivity contribution < 1.29 is 9.59 Å². The highest BCUT2D eigenvalue weighted by Gasteiger charge is 2.34. The lowest BCUT2D eigenvalue weighted by Gasteiger charge is -2.22. The predicted molar refractivity (Wildman–Crippen MR) is 75.2 cm³/mol. The number of Topliss-reactive ketones (excluding diaryl/α,β-unsaturated/α-hetero) is 1. The van der Waals surface area contributed by atoms with Gasteiger partial charge >= 0.3 is 0 Å². The van der Waals surface area contributed by atoms with Gasteiger partial charge in [-0.15, -0.1) is 0 Å². The highest BCUT2D eigenvalue weighted by molar-refractivity contribution is 6.31. The fourth-order valence-electron chi connectivity index (χ4n) is 2.59. The van der Waals surface area contributed by atoms with Crippen LogP contribution in [0.3, 0.4) is 0 Å². The fourth-order valence-corrected chi connectivity index (χ4v) is 2.82. The molecule has 3 nitrogen and oxygen atoms in total. The molecule has 1 atom stereocenters. The summed E-state index contributed by atoms with van der Waals surface area (Å²) in [6.07, 6.45) is 2.24. The lowest BCUT2D eigenvalue weighted by atomic mass is 10.0. The van der Waals surface area contributed by atoms with Crippen LogP contribution in [0.5, 0.6) is 0 Å². The summed E-state index contributed by atoms with van der Waals surface area (Å²) in [7, 11) is 0. The van der Waals surface area contributed by atoms with Crippen molar-refractivity contribution in [3.8, 4) is 0 Å². The minimum atomic E-state index is -0.222. The Labute approximate surface area is 118 Å². The van der Waals surface area contributed by atoms with E-state index in [1.54, 1.807) is 4.90 Å². The van der Waals surface area contributed by atoms with Crippen LogP contribution in [0, 0.1) is 0 Å². The first-order valence-corrected chi connectivity index (χ1v) is 7.07. The molecule has 19 heavy (non-hydrogen) atoms. The second kappa shape index (κ2) is 6.20. The second-order valence-corrected chi connectivity index (χ2v) is 5.20. The summed E-state index contributed by atoms with van der Waals surface area (Å²) in [6.45, 7) is 2.53. The first-order valence-electron chi connectivity index (χ1n) is 6.69. The summed E-state index contributed by atoms with van der Waals surface area (Å²) < 4.78 is 0. The molecule has 1 fully saturated rings. The van der Waals surface area contributed by atoms with Gasteiger partial charge < -0.3 is 4.90 Å². The van der Waals surface area contributed by atoms with Gasteiger partial charge in [0.05, 0.1) is 6.04 Å². The number of benzene rings is 1. The van der Waals surface area contributed by atoms with E-state index in [-0.39, 0.29) is 17.7 Å². The smallest absolute Gasteiger partial charge is 0.223 e. The highest BCUT2D eigenvalue weighted by atomic mass is 35.5. The molecule has 0 bridgehead atoms. The number of hydrogen-bond acceptors (Lipinski definition) is 2. The van der Waals surface area contributed by atoms with Crippen LogP contribution in [0.2, 0.25) is 5.02 Å². The molecule has 1 aromatic carbocycles. The van der Waals surface area contributed by atoms with Gasteiger partial charge in [-0.2, -0.15) is 0 Å². The predicted octanol–water partition coefficient (Wildman–Crippen LogP) is 2.85. The third-order valence-electron chi connectivity index (χ3n) is 3.64. The van der Waals surface area contributed by atoms with E-state index >= 15 is 0 Å². The van der Waals surface area contributed by atoms with Crippen molar-refractivity contribution in [1.29, 1.82) is 0 Å². The maximum atomic E-state index is 12.2. The zero-order valence-electron chi connectivity index (χ0n) is 11.1. The van der Waals surface area contributed by atoms with Crippen LogP contribution in [-0.2, 0) is 16.0 Å². The van der Waals surface area contributed by atoms with E-state index in [9.17, 15) is 9.59 Å². The molecule has 0 radical (unpaired) electrons. The van der Waals surface area contributed by atoms with Crippen molar-refractivity contribution in [3.63, 3.8) is 0 Å². The number of likely N-dealkylation sites (tertiary alicyclic amines) is 1. The number of rotatable bonds is 5. The fraction of sp³-hybridized carbons (Fsp3) is 0.467. The summed E-state index contributed by atoms with van der Waals surface area (Å²) in [4.78, 5) is 25.5. The minimum absolute atomic E-state index is 0.0959. The molecule has 0 N–H and O–H groups in total. The van der Waals surface area contributed by atoms with Gasteiger partial charge in [0.15, 0.2) is 5.78 Å². The molecule has 0 spiro atoms. The summed E-state index contributed by atoms with van der Waals surface area (Å²) in [6, 6.07) is 7.34. The minimum Gasteiger partial charge on any atom is -0.333 e. The van der Waals surface area contributed by atoms with E-state index in [1.807, 2.05) is 31.2 Å². The Morgan fingerprint density at radius 1 is 1.42 bits per heavy atom. The zero-order valence-corrected chi connectivity index (χ0v) is 11.8. The summed E-state index contributed by atoms with van der Waals surface area (Å²) >= 11 is 6.07. The molecular weight excluding hydrogens is 262 g/mol. The molecule has 0 aliphatic carbocycles. The number of aryl methyl sites for hydroxylation is 1. The largest absolute Gasteiger partial charge is 0.333 e. The van der Waals surface area contributed by atoms with E-state index < -0.39 is 0 Å². The van der Waals surface area contributed by atoms with E-state index in [0.29, 0.717) is 37.3 Å². The third kappa shape index (κ3) is 3.16. The average Bonchev–Trinajstić information content (AvgIpc) is 2.78. The molecule has 0 saturated carbocycles. The van der Waals surface area contributed by atoms with Gasteiger partial charge in [0.25, 0.3) is 0 Å². The normalized spacial score (nSPS) is 18.9. The molecule has 1 unspecified atom stereocenters. The van der Waals surface area contributed by atoms with E-state index in [4.69, 9.17) is 11.6 Å².